The van der Waals surface area contributed by atoms with E-state index in [1.807, 2.05) is 13.8 Å². The average Bonchev–Trinajstić information content (AvgIpc) is 2.72. The summed E-state index contributed by atoms with van der Waals surface area (Å²) in [6.45, 7) is 4.84. The van der Waals surface area contributed by atoms with Crippen LogP contribution in [0.1, 0.15) is 38.7 Å². The van der Waals surface area contributed by atoms with Gasteiger partial charge in [-0.1, -0.05) is 13.8 Å². The lowest BCUT2D eigenvalue weighted by atomic mass is 9.91. The van der Waals surface area contributed by atoms with Gasteiger partial charge in [0.15, 0.2) is 0 Å². The molecule has 2 heterocycles. The van der Waals surface area contributed by atoms with Crippen LogP contribution in [0.25, 0.3) is 0 Å². The lowest BCUT2D eigenvalue weighted by Gasteiger charge is -2.34. The zero-order chi connectivity index (χ0) is 25.7. The average molecular weight is 510 g/mol. The van der Waals surface area contributed by atoms with Gasteiger partial charge in [-0.05, 0) is 30.7 Å². The van der Waals surface area contributed by atoms with Gasteiger partial charge in [-0.15, -0.1) is 0 Å². The van der Waals surface area contributed by atoms with Gasteiger partial charge in [0.1, 0.15) is 10.7 Å². The molecule has 1 aliphatic rings. The maximum atomic E-state index is 13.8. The summed E-state index contributed by atoms with van der Waals surface area (Å²) in [6.07, 6.45) is -2.68. The number of pyridine rings is 1. The van der Waals surface area contributed by atoms with Crippen molar-refractivity contribution in [3.8, 4) is 0 Å². The third-order valence-electron chi connectivity index (χ3n) is 5.63. The second kappa shape index (κ2) is 11.1. The molecule has 194 valence electrons. The van der Waals surface area contributed by atoms with Crippen molar-refractivity contribution < 1.29 is 31.1 Å². The molecular weight excluding hydrogens is 475 g/mol. The molecular formula is C21H34F3N5O4S. The van der Waals surface area contributed by atoms with E-state index in [0.29, 0.717) is 39.0 Å². The maximum absolute atomic E-state index is 13.8. The minimum Gasteiger partial charge on any atom is -0.384 e. The minimum absolute atomic E-state index is 0.0378. The van der Waals surface area contributed by atoms with E-state index in [0.717, 1.165) is 12.3 Å². The molecule has 1 fully saturated rings. The van der Waals surface area contributed by atoms with Gasteiger partial charge in [-0.3, -0.25) is 0 Å². The fourth-order valence-electron chi connectivity index (χ4n) is 3.66. The second-order valence-corrected chi connectivity index (χ2v) is 11.1. The van der Waals surface area contributed by atoms with E-state index in [9.17, 15) is 26.4 Å². The van der Waals surface area contributed by atoms with E-state index in [2.05, 4.69) is 15.0 Å². The Hall–Kier alpha value is -2.12. The van der Waals surface area contributed by atoms with Crippen LogP contribution < -0.4 is 14.9 Å². The van der Waals surface area contributed by atoms with Crippen molar-refractivity contribution in [2.75, 3.05) is 52.3 Å². The highest BCUT2D eigenvalue weighted by Gasteiger charge is 2.39. The monoisotopic (exact) mass is 509 g/mol. The molecule has 34 heavy (non-hydrogen) atoms. The lowest BCUT2D eigenvalue weighted by Crippen LogP contribution is -2.47. The predicted octanol–water partition coefficient (Wildman–Crippen LogP) is 2.68. The van der Waals surface area contributed by atoms with Crippen molar-refractivity contribution in [3.05, 3.63) is 17.8 Å². The van der Waals surface area contributed by atoms with Gasteiger partial charge in [0.2, 0.25) is 10.0 Å². The maximum Gasteiger partial charge on any atom is 0.417 e. The third-order valence-corrected chi connectivity index (χ3v) is 7.12. The van der Waals surface area contributed by atoms with E-state index in [1.165, 1.54) is 12.0 Å². The van der Waals surface area contributed by atoms with E-state index in [1.54, 1.807) is 19.0 Å². The zero-order valence-corrected chi connectivity index (χ0v) is 21.0. The first-order chi connectivity index (χ1) is 15.7. The van der Waals surface area contributed by atoms with Crippen LogP contribution in [0.15, 0.2) is 17.2 Å². The largest absolute Gasteiger partial charge is 0.417 e. The molecule has 0 saturated carbocycles. The Labute approximate surface area is 199 Å². The molecule has 0 aliphatic carbocycles. The van der Waals surface area contributed by atoms with Gasteiger partial charge < -0.3 is 19.9 Å². The lowest BCUT2D eigenvalue weighted by molar-refractivity contribution is -0.139. The molecule has 0 aromatic carbocycles. The van der Waals surface area contributed by atoms with Crippen molar-refractivity contribution in [1.29, 1.82) is 0 Å². The number of nitrogens with one attached hydrogen (secondary N) is 2. The summed E-state index contributed by atoms with van der Waals surface area (Å²) in [5.41, 5.74) is -1.60. The first kappa shape index (κ1) is 28.1. The van der Waals surface area contributed by atoms with Crippen LogP contribution in [-0.2, 0) is 20.9 Å². The Morgan fingerprint density at radius 2 is 1.88 bits per heavy atom. The summed E-state index contributed by atoms with van der Waals surface area (Å²) in [6, 6.07) is 0.449. The number of alkyl halides is 3. The molecule has 13 heteroatoms. The first-order valence-corrected chi connectivity index (χ1v) is 12.4. The number of anilines is 1. The normalized spacial score (nSPS) is 15.9. The quantitative estimate of drug-likeness (QED) is 0.531. The predicted molar refractivity (Wildman–Crippen MR) is 122 cm³/mol. The molecule has 9 nitrogen and oxygen atoms in total. The molecule has 1 aromatic rings. The number of urea groups is 1. The number of carbonyl (C=O) groups excluding carboxylic acids is 1. The number of hydrogen-bond donors (Lipinski definition) is 2. The Kier molecular flexibility index (Phi) is 9.16. The zero-order valence-electron chi connectivity index (χ0n) is 20.2. The summed E-state index contributed by atoms with van der Waals surface area (Å²) in [4.78, 5) is 18.0. The van der Waals surface area contributed by atoms with E-state index in [-0.39, 0.29) is 29.9 Å². The Morgan fingerprint density at radius 3 is 2.41 bits per heavy atom. The highest BCUT2D eigenvalue weighted by atomic mass is 32.2. The van der Waals surface area contributed by atoms with Crippen molar-refractivity contribution in [2.45, 2.75) is 50.2 Å². The molecule has 0 bridgehead atoms. The Balaban J connectivity index is 2.16. The van der Waals surface area contributed by atoms with Crippen LogP contribution in [0, 0.1) is 5.41 Å². The SMILES string of the molecule is COCC(C)(C)CCNS(=O)(=O)c1cnc(N2CCC(NC(=O)N(C)C)CC2)cc1C(F)(F)F. The molecule has 2 rings (SSSR count). The van der Waals surface area contributed by atoms with Crippen LogP contribution >= 0.6 is 0 Å². The van der Waals surface area contributed by atoms with Crippen molar-refractivity contribution >= 4 is 21.9 Å². The molecule has 0 radical (unpaired) electrons. The number of piperidine rings is 1. The van der Waals surface area contributed by atoms with Crippen LogP contribution in [0.3, 0.4) is 0 Å². The molecule has 0 atom stereocenters. The molecule has 2 N–H and O–H groups in total. The number of halogens is 3. The fourth-order valence-corrected chi connectivity index (χ4v) is 4.84. The van der Waals surface area contributed by atoms with Crippen LogP contribution in [0.4, 0.5) is 23.8 Å². The number of aromatic nitrogens is 1. The molecule has 1 saturated heterocycles. The van der Waals surface area contributed by atoms with Gasteiger partial charge in [-0.2, -0.15) is 13.2 Å². The molecule has 1 aromatic heterocycles. The number of ether oxygens (including phenoxy) is 1. The molecule has 0 spiro atoms. The van der Waals surface area contributed by atoms with Crippen LogP contribution in [-0.4, -0.2) is 77.8 Å². The van der Waals surface area contributed by atoms with Gasteiger partial charge >= 0.3 is 12.2 Å². The van der Waals surface area contributed by atoms with E-state index in [4.69, 9.17) is 4.74 Å². The Bertz CT molecular complexity index is 946. The summed E-state index contributed by atoms with van der Waals surface area (Å²) in [7, 11) is 0.338. The number of methoxy groups -OCH3 is 1. The van der Waals surface area contributed by atoms with Crippen LogP contribution in [0.5, 0.6) is 0 Å². The number of hydrogen-bond acceptors (Lipinski definition) is 6. The first-order valence-electron chi connectivity index (χ1n) is 10.9. The standard InChI is InChI=1S/C21H34F3N5O4S/c1-20(2,14-33-5)8-9-26-34(31,32)17-13-25-18(12-16(17)21(22,23)24)29-10-6-15(7-11-29)27-19(30)28(3)4/h12-13,15,26H,6-11,14H2,1-5H3,(H,27,30). The van der Waals surface area contributed by atoms with E-state index >= 15 is 0 Å². The van der Waals surface area contributed by atoms with Crippen molar-refractivity contribution in [1.82, 2.24) is 19.9 Å². The van der Waals surface area contributed by atoms with Crippen LogP contribution in [0.2, 0.25) is 0 Å². The molecule has 0 unspecified atom stereocenters. The molecule has 1 aliphatic heterocycles. The molecule has 2 amide bonds. The van der Waals surface area contributed by atoms with Crippen molar-refractivity contribution in [2.24, 2.45) is 5.41 Å². The topological polar surface area (TPSA) is 104 Å². The summed E-state index contributed by atoms with van der Waals surface area (Å²) < 4.78 is 74.2. The van der Waals surface area contributed by atoms with Crippen molar-refractivity contribution in [3.63, 3.8) is 0 Å². The van der Waals surface area contributed by atoms with Gasteiger partial charge in [0.25, 0.3) is 0 Å². The number of sulfonamides is 1. The van der Waals surface area contributed by atoms with Gasteiger partial charge in [0.05, 0.1) is 12.2 Å². The second-order valence-electron chi connectivity index (χ2n) is 9.39. The summed E-state index contributed by atoms with van der Waals surface area (Å²) in [5, 5.41) is 2.86. The Morgan fingerprint density at radius 1 is 1.26 bits per heavy atom. The number of amides is 2. The van der Waals surface area contributed by atoms with Gasteiger partial charge in [-0.25, -0.2) is 22.9 Å². The smallest absolute Gasteiger partial charge is 0.384 e. The summed E-state index contributed by atoms with van der Waals surface area (Å²) in [5.74, 6) is 0.0462. The number of nitrogens with zero attached hydrogens (tertiary/aromatic N) is 3. The fraction of sp³-hybridized carbons (Fsp3) is 0.714. The van der Waals surface area contributed by atoms with Gasteiger partial charge in [0, 0.05) is 53.1 Å². The van der Waals surface area contributed by atoms with E-state index < -0.39 is 26.7 Å². The highest BCUT2D eigenvalue weighted by Crippen LogP contribution is 2.36. The third kappa shape index (κ3) is 7.70. The highest BCUT2D eigenvalue weighted by molar-refractivity contribution is 7.89. The summed E-state index contributed by atoms with van der Waals surface area (Å²) >= 11 is 0. The number of carbonyl (C=O) groups is 1. The minimum atomic E-state index is -4.88. The number of rotatable bonds is 9.